The third kappa shape index (κ3) is 0.983. The Bertz CT molecular complexity index is 295. The average Bonchev–Trinajstić information content (AvgIpc) is 2.52. The Kier molecular flexibility index (Phi) is 1.70. The average molecular weight is 194 g/mol. The molecule has 0 bridgehead atoms. The summed E-state index contributed by atoms with van der Waals surface area (Å²) in [5.74, 6) is 0.744. The molecule has 14 heavy (non-hydrogen) atoms. The highest BCUT2D eigenvalue weighted by Crippen LogP contribution is 2.47. The van der Waals surface area contributed by atoms with Crippen molar-refractivity contribution in [3.8, 4) is 0 Å². The van der Waals surface area contributed by atoms with Crippen LogP contribution in [0.15, 0.2) is 0 Å². The molecule has 3 rings (SSSR count). The van der Waals surface area contributed by atoms with Gasteiger partial charge in [-0.3, -0.25) is 9.59 Å². The van der Waals surface area contributed by atoms with E-state index in [1.807, 2.05) is 0 Å². The molecule has 0 unspecified atom stereocenters. The van der Waals surface area contributed by atoms with Crippen molar-refractivity contribution in [3.63, 3.8) is 0 Å². The van der Waals surface area contributed by atoms with Crippen molar-refractivity contribution in [2.75, 3.05) is 0 Å². The third-order valence-electron chi connectivity index (χ3n) is 4.05. The number of carbonyl (C=O) groups is 2. The van der Waals surface area contributed by atoms with Gasteiger partial charge in [0.2, 0.25) is 0 Å². The topological polar surface area (TPSA) is 43.4 Å². The van der Waals surface area contributed by atoms with Gasteiger partial charge in [-0.15, -0.1) is 0 Å². The van der Waals surface area contributed by atoms with Crippen molar-refractivity contribution in [1.82, 2.24) is 0 Å². The first-order valence-electron chi connectivity index (χ1n) is 5.50. The summed E-state index contributed by atoms with van der Waals surface area (Å²) in [7, 11) is 0. The van der Waals surface area contributed by atoms with E-state index in [4.69, 9.17) is 4.74 Å². The summed E-state index contributed by atoms with van der Waals surface area (Å²) in [5, 5.41) is 0. The summed E-state index contributed by atoms with van der Waals surface area (Å²) < 4.78 is 5.34. The van der Waals surface area contributed by atoms with Crippen LogP contribution in [0.25, 0.3) is 0 Å². The van der Waals surface area contributed by atoms with Crippen LogP contribution in [-0.2, 0) is 14.3 Å². The van der Waals surface area contributed by atoms with Crippen molar-refractivity contribution in [2.45, 2.75) is 38.2 Å². The van der Waals surface area contributed by atoms with Gasteiger partial charge in [-0.2, -0.15) is 0 Å². The van der Waals surface area contributed by atoms with E-state index in [2.05, 4.69) is 0 Å². The molecule has 1 aliphatic heterocycles. The van der Waals surface area contributed by atoms with Gasteiger partial charge in [-0.05, 0) is 19.3 Å². The summed E-state index contributed by atoms with van der Waals surface area (Å²) in [4.78, 5) is 23.2. The van der Waals surface area contributed by atoms with Crippen LogP contribution in [0, 0.1) is 17.8 Å². The standard InChI is InChI=1S/C11H14O3/c12-8-4-5-9-10-6(8)2-1-3-7(10)11(13)14-9/h6-7,9-10H,1-5H2/t6-,7-,9-,10-/m1/s1. The zero-order valence-corrected chi connectivity index (χ0v) is 8.07. The van der Waals surface area contributed by atoms with Gasteiger partial charge in [0.05, 0.1) is 5.92 Å². The molecular formula is C11H14O3. The normalized spacial score (nSPS) is 46.0. The van der Waals surface area contributed by atoms with E-state index in [-0.39, 0.29) is 29.8 Å². The quantitative estimate of drug-likeness (QED) is 0.546. The van der Waals surface area contributed by atoms with E-state index in [0.29, 0.717) is 12.2 Å². The third-order valence-corrected chi connectivity index (χ3v) is 4.05. The Labute approximate surface area is 82.8 Å². The van der Waals surface area contributed by atoms with E-state index in [0.717, 1.165) is 25.7 Å². The predicted molar refractivity (Wildman–Crippen MR) is 48.4 cm³/mol. The molecule has 0 aromatic heterocycles. The fourth-order valence-corrected chi connectivity index (χ4v) is 3.43. The van der Waals surface area contributed by atoms with Crippen LogP contribution in [-0.4, -0.2) is 17.9 Å². The van der Waals surface area contributed by atoms with Crippen LogP contribution in [0.3, 0.4) is 0 Å². The highest BCUT2D eigenvalue weighted by molar-refractivity contribution is 5.85. The molecule has 76 valence electrons. The number of carbonyl (C=O) groups excluding carboxylic acids is 2. The van der Waals surface area contributed by atoms with E-state index in [1.54, 1.807) is 0 Å². The Morgan fingerprint density at radius 1 is 1.07 bits per heavy atom. The van der Waals surface area contributed by atoms with Crippen molar-refractivity contribution in [3.05, 3.63) is 0 Å². The number of ketones is 1. The first kappa shape index (κ1) is 8.45. The highest BCUT2D eigenvalue weighted by Gasteiger charge is 2.53. The lowest BCUT2D eigenvalue weighted by Crippen LogP contribution is -2.41. The molecule has 3 nitrogen and oxygen atoms in total. The van der Waals surface area contributed by atoms with Gasteiger partial charge < -0.3 is 4.74 Å². The number of rotatable bonds is 0. The van der Waals surface area contributed by atoms with Crippen molar-refractivity contribution in [1.29, 1.82) is 0 Å². The molecule has 1 heterocycles. The Hall–Kier alpha value is -0.860. The molecule has 0 spiro atoms. The second-order valence-electron chi connectivity index (χ2n) is 4.70. The molecule has 2 saturated carbocycles. The summed E-state index contributed by atoms with van der Waals surface area (Å²) >= 11 is 0. The molecule has 1 saturated heterocycles. The molecule has 0 aromatic rings. The number of hydrogen-bond acceptors (Lipinski definition) is 3. The van der Waals surface area contributed by atoms with Crippen molar-refractivity contribution < 1.29 is 14.3 Å². The van der Waals surface area contributed by atoms with Crippen LogP contribution in [0.5, 0.6) is 0 Å². The molecule has 2 aliphatic carbocycles. The van der Waals surface area contributed by atoms with Crippen LogP contribution < -0.4 is 0 Å². The van der Waals surface area contributed by atoms with Crippen molar-refractivity contribution >= 4 is 11.8 Å². The SMILES string of the molecule is O=C1CC[C@H]2OC(=O)[C@@H]3CCC[C@H]1[C@@H]23. The largest absolute Gasteiger partial charge is 0.462 e. The monoisotopic (exact) mass is 194 g/mol. The summed E-state index contributed by atoms with van der Waals surface area (Å²) in [6, 6.07) is 0. The molecule has 3 fully saturated rings. The minimum atomic E-state index is -0.0422. The smallest absolute Gasteiger partial charge is 0.309 e. The van der Waals surface area contributed by atoms with E-state index >= 15 is 0 Å². The minimum absolute atomic E-state index is 0.0422. The van der Waals surface area contributed by atoms with Gasteiger partial charge >= 0.3 is 5.97 Å². The predicted octanol–water partition coefficient (Wildman–Crippen LogP) is 1.31. The van der Waals surface area contributed by atoms with Gasteiger partial charge in [-0.25, -0.2) is 0 Å². The highest BCUT2D eigenvalue weighted by atomic mass is 16.6. The Morgan fingerprint density at radius 3 is 2.71 bits per heavy atom. The number of hydrogen-bond donors (Lipinski definition) is 0. The molecule has 3 aliphatic rings. The van der Waals surface area contributed by atoms with Gasteiger partial charge in [0.1, 0.15) is 11.9 Å². The van der Waals surface area contributed by atoms with Crippen LogP contribution in [0.1, 0.15) is 32.1 Å². The molecule has 0 N–H and O–H groups in total. The first-order valence-corrected chi connectivity index (χ1v) is 5.50. The molecule has 0 aromatic carbocycles. The molecule has 3 heteroatoms. The number of ether oxygens (including phenoxy) is 1. The summed E-state index contributed by atoms with van der Waals surface area (Å²) in [5.41, 5.74) is 0. The maximum atomic E-state index is 11.7. The summed E-state index contributed by atoms with van der Waals surface area (Å²) in [6.45, 7) is 0. The maximum Gasteiger partial charge on any atom is 0.309 e. The number of esters is 1. The Morgan fingerprint density at radius 2 is 1.86 bits per heavy atom. The van der Waals surface area contributed by atoms with E-state index < -0.39 is 0 Å². The first-order chi connectivity index (χ1) is 6.77. The lowest BCUT2D eigenvalue weighted by Gasteiger charge is -2.36. The molecule has 0 radical (unpaired) electrons. The van der Waals surface area contributed by atoms with Crippen LogP contribution in [0.2, 0.25) is 0 Å². The fraction of sp³-hybridized carbons (Fsp3) is 0.818. The molecular weight excluding hydrogens is 180 g/mol. The van der Waals surface area contributed by atoms with Gasteiger partial charge in [0.25, 0.3) is 0 Å². The molecule has 0 amide bonds. The Balaban J connectivity index is 1.95. The second kappa shape index (κ2) is 2.81. The van der Waals surface area contributed by atoms with Gasteiger partial charge in [0, 0.05) is 18.3 Å². The van der Waals surface area contributed by atoms with Gasteiger partial charge in [0.15, 0.2) is 0 Å². The summed E-state index contributed by atoms with van der Waals surface area (Å²) in [6.07, 6.45) is 4.38. The molecule has 4 atom stereocenters. The minimum Gasteiger partial charge on any atom is -0.462 e. The fourth-order valence-electron chi connectivity index (χ4n) is 3.43. The van der Waals surface area contributed by atoms with Crippen LogP contribution >= 0.6 is 0 Å². The van der Waals surface area contributed by atoms with Crippen molar-refractivity contribution in [2.24, 2.45) is 17.8 Å². The van der Waals surface area contributed by atoms with Crippen LogP contribution in [0.4, 0.5) is 0 Å². The second-order valence-corrected chi connectivity index (χ2v) is 4.70. The lowest BCUT2D eigenvalue weighted by molar-refractivity contribution is -0.145. The zero-order chi connectivity index (χ0) is 9.71. The maximum absolute atomic E-state index is 11.7. The zero-order valence-electron chi connectivity index (χ0n) is 8.07. The lowest BCUT2D eigenvalue weighted by atomic mass is 9.65. The number of Topliss-reactive ketones (excluding diaryl/α,β-unsaturated/α-hetero) is 1. The van der Waals surface area contributed by atoms with E-state index in [1.165, 1.54) is 0 Å². The van der Waals surface area contributed by atoms with Gasteiger partial charge in [-0.1, -0.05) is 6.42 Å². The van der Waals surface area contributed by atoms with E-state index in [9.17, 15) is 9.59 Å².